The smallest absolute Gasteiger partial charge is 0.234 e. The molecule has 4 nitrogen and oxygen atoms in total. The van der Waals surface area contributed by atoms with Gasteiger partial charge in [-0.05, 0) is 42.2 Å². The Hall–Kier alpha value is -1.88. The molecule has 1 unspecified atom stereocenters. The number of methoxy groups -OCH3 is 2. The number of benzene rings is 2. The van der Waals surface area contributed by atoms with Crippen molar-refractivity contribution < 1.29 is 14.3 Å². The normalized spacial score (nSPS) is 16.6. The number of carbonyl (C=O) groups excluding carboxylic acids is 1. The number of anilines is 1. The van der Waals surface area contributed by atoms with Gasteiger partial charge in [-0.25, -0.2) is 0 Å². The maximum absolute atomic E-state index is 13.0. The van der Waals surface area contributed by atoms with Gasteiger partial charge in [-0.3, -0.25) is 4.79 Å². The maximum Gasteiger partial charge on any atom is 0.234 e. The largest absolute Gasteiger partial charge is 0.354 e. The molecule has 3 rings (SSSR count). The number of aryl methyl sites for hydroxylation is 1. The van der Waals surface area contributed by atoms with E-state index in [1.807, 2.05) is 48.5 Å². The van der Waals surface area contributed by atoms with Gasteiger partial charge in [-0.1, -0.05) is 41.9 Å². The van der Waals surface area contributed by atoms with Gasteiger partial charge in [-0.15, -0.1) is 0 Å². The van der Waals surface area contributed by atoms with Gasteiger partial charge >= 0.3 is 0 Å². The lowest BCUT2D eigenvalue weighted by molar-refractivity contribution is -0.123. The molecular formula is C20H22ClNO3. The predicted molar refractivity (Wildman–Crippen MR) is 99.1 cm³/mol. The van der Waals surface area contributed by atoms with E-state index in [0.29, 0.717) is 6.54 Å². The molecule has 2 aromatic rings. The third-order valence-corrected chi connectivity index (χ3v) is 4.91. The molecule has 2 aromatic carbocycles. The van der Waals surface area contributed by atoms with Gasteiger partial charge in [0.2, 0.25) is 5.91 Å². The fourth-order valence-corrected chi connectivity index (χ4v) is 3.42. The summed E-state index contributed by atoms with van der Waals surface area (Å²) in [5.41, 5.74) is 3.21. The van der Waals surface area contributed by atoms with Crippen LogP contribution >= 0.6 is 11.6 Å². The molecule has 0 saturated carbocycles. The van der Waals surface area contributed by atoms with Crippen molar-refractivity contribution in [1.29, 1.82) is 0 Å². The van der Waals surface area contributed by atoms with E-state index < -0.39 is 6.29 Å². The van der Waals surface area contributed by atoms with Crippen LogP contribution in [0.4, 0.5) is 5.69 Å². The molecule has 1 amide bonds. The van der Waals surface area contributed by atoms with Crippen molar-refractivity contribution in [2.75, 3.05) is 25.7 Å². The number of hydrogen-bond donors (Lipinski definition) is 0. The topological polar surface area (TPSA) is 38.8 Å². The first-order valence-corrected chi connectivity index (χ1v) is 8.72. The van der Waals surface area contributed by atoms with Crippen LogP contribution < -0.4 is 4.90 Å². The number of nitrogens with zero attached hydrogens (tertiary/aromatic N) is 1. The Labute approximate surface area is 153 Å². The Morgan fingerprint density at radius 2 is 1.76 bits per heavy atom. The Bertz CT molecular complexity index is 728. The van der Waals surface area contributed by atoms with Gasteiger partial charge in [0.1, 0.15) is 0 Å². The molecule has 1 aliphatic heterocycles. The molecule has 0 N–H and O–H groups in total. The standard InChI is InChI=1S/C20H22ClNO3/c1-24-19(25-2)13-22-18-6-4-3-5-16(18)17(20(22)23)12-9-14-7-10-15(21)11-8-14/h3-8,10-11,17,19H,9,12-13H2,1-2H3. The number of amides is 1. The van der Waals surface area contributed by atoms with Crippen LogP contribution in [0.5, 0.6) is 0 Å². The number of hydrogen-bond acceptors (Lipinski definition) is 3. The molecule has 0 spiro atoms. The molecule has 0 radical (unpaired) electrons. The zero-order valence-electron chi connectivity index (χ0n) is 14.4. The Balaban J connectivity index is 1.78. The number of rotatable bonds is 7. The molecular weight excluding hydrogens is 338 g/mol. The van der Waals surface area contributed by atoms with E-state index in [-0.39, 0.29) is 11.8 Å². The molecule has 1 atom stereocenters. The van der Waals surface area contributed by atoms with E-state index in [1.54, 1.807) is 19.1 Å². The van der Waals surface area contributed by atoms with Crippen LogP contribution in [0.15, 0.2) is 48.5 Å². The molecule has 25 heavy (non-hydrogen) atoms. The van der Waals surface area contributed by atoms with Crippen LogP contribution in [0.25, 0.3) is 0 Å². The summed E-state index contributed by atoms with van der Waals surface area (Å²) in [5, 5.41) is 0.724. The van der Waals surface area contributed by atoms with Crippen molar-refractivity contribution in [1.82, 2.24) is 0 Å². The highest BCUT2D eigenvalue weighted by atomic mass is 35.5. The number of para-hydroxylation sites is 1. The Morgan fingerprint density at radius 1 is 1.08 bits per heavy atom. The summed E-state index contributed by atoms with van der Waals surface area (Å²) in [6.45, 7) is 0.389. The minimum absolute atomic E-state index is 0.106. The van der Waals surface area contributed by atoms with Crippen LogP contribution in [-0.2, 0) is 20.7 Å². The summed E-state index contributed by atoms with van der Waals surface area (Å²) in [4.78, 5) is 14.8. The summed E-state index contributed by atoms with van der Waals surface area (Å²) < 4.78 is 10.5. The molecule has 0 bridgehead atoms. The summed E-state index contributed by atoms with van der Waals surface area (Å²) in [7, 11) is 3.16. The predicted octanol–water partition coefficient (Wildman–Crippen LogP) is 4.02. The van der Waals surface area contributed by atoms with Crippen molar-refractivity contribution in [3.63, 3.8) is 0 Å². The van der Waals surface area contributed by atoms with Gasteiger partial charge < -0.3 is 14.4 Å². The fourth-order valence-electron chi connectivity index (χ4n) is 3.29. The van der Waals surface area contributed by atoms with E-state index in [0.717, 1.165) is 29.1 Å². The van der Waals surface area contributed by atoms with Crippen molar-refractivity contribution in [3.8, 4) is 0 Å². The molecule has 0 fully saturated rings. The molecule has 1 heterocycles. The van der Waals surface area contributed by atoms with E-state index in [1.165, 1.54) is 5.56 Å². The zero-order valence-corrected chi connectivity index (χ0v) is 15.2. The monoisotopic (exact) mass is 359 g/mol. The lowest BCUT2D eigenvalue weighted by Gasteiger charge is -2.23. The molecule has 0 aromatic heterocycles. The molecule has 0 saturated heterocycles. The van der Waals surface area contributed by atoms with E-state index in [4.69, 9.17) is 21.1 Å². The van der Waals surface area contributed by atoms with Crippen molar-refractivity contribution in [2.24, 2.45) is 0 Å². The van der Waals surface area contributed by atoms with Crippen molar-refractivity contribution >= 4 is 23.2 Å². The molecule has 0 aliphatic carbocycles. The minimum atomic E-state index is -0.438. The number of ether oxygens (including phenoxy) is 2. The lowest BCUT2D eigenvalue weighted by Crippen LogP contribution is -2.37. The van der Waals surface area contributed by atoms with Gasteiger partial charge in [-0.2, -0.15) is 0 Å². The third-order valence-electron chi connectivity index (χ3n) is 4.66. The van der Waals surface area contributed by atoms with E-state index >= 15 is 0 Å². The average Bonchev–Trinajstić information content (AvgIpc) is 2.90. The summed E-state index contributed by atoms with van der Waals surface area (Å²) in [5.74, 6) is -0.0319. The number of carbonyl (C=O) groups is 1. The Morgan fingerprint density at radius 3 is 2.44 bits per heavy atom. The van der Waals surface area contributed by atoms with Crippen molar-refractivity contribution in [3.05, 3.63) is 64.7 Å². The third kappa shape index (κ3) is 3.87. The van der Waals surface area contributed by atoms with Gasteiger partial charge in [0.05, 0.1) is 12.5 Å². The Kier molecular flexibility index (Phi) is 5.74. The first-order valence-electron chi connectivity index (χ1n) is 8.34. The van der Waals surface area contributed by atoms with Gasteiger partial charge in [0.15, 0.2) is 6.29 Å². The molecule has 5 heteroatoms. The fraction of sp³-hybridized carbons (Fsp3) is 0.350. The second-order valence-corrected chi connectivity index (χ2v) is 6.56. The quantitative estimate of drug-likeness (QED) is 0.701. The first kappa shape index (κ1) is 17.9. The molecule has 1 aliphatic rings. The summed E-state index contributed by atoms with van der Waals surface area (Å²) in [6, 6.07) is 15.7. The van der Waals surface area contributed by atoms with Crippen LogP contribution in [0, 0.1) is 0 Å². The van der Waals surface area contributed by atoms with Crippen LogP contribution in [-0.4, -0.2) is 33.0 Å². The SMILES string of the molecule is COC(CN1C(=O)C(CCc2ccc(Cl)cc2)c2ccccc21)OC. The summed E-state index contributed by atoms with van der Waals surface area (Å²) in [6.07, 6.45) is 1.15. The lowest BCUT2D eigenvalue weighted by atomic mass is 9.93. The number of halogens is 1. The van der Waals surface area contributed by atoms with Crippen LogP contribution in [0.2, 0.25) is 5.02 Å². The zero-order chi connectivity index (χ0) is 17.8. The highest BCUT2D eigenvalue weighted by Gasteiger charge is 2.37. The minimum Gasteiger partial charge on any atom is -0.354 e. The highest BCUT2D eigenvalue weighted by molar-refractivity contribution is 6.30. The summed E-state index contributed by atoms with van der Waals surface area (Å²) >= 11 is 5.94. The van der Waals surface area contributed by atoms with Gasteiger partial charge in [0.25, 0.3) is 0 Å². The highest BCUT2D eigenvalue weighted by Crippen LogP contribution is 2.39. The first-order chi connectivity index (χ1) is 12.1. The number of fused-ring (bicyclic) bond motifs is 1. The van der Waals surface area contributed by atoms with Gasteiger partial charge in [0, 0.05) is 24.9 Å². The second-order valence-electron chi connectivity index (χ2n) is 6.13. The average molecular weight is 360 g/mol. The van der Waals surface area contributed by atoms with E-state index in [9.17, 15) is 4.79 Å². The van der Waals surface area contributed by atoms with Crippen LogP contribution in [0.1, 0.15) is 23.5 Å². The van der Waals surface area contributed by atoms with E-state index in [2.05, 4.69) is 0 Å². The maximum atomic E-state index is 13.0. The van der Waals surface area contributed by atoms with Crippen LogP contribution in [0.3, 0.4) is 0 Å². The van der Waals surface area contributed by atoms with Crippen molar-refractivity contribution in [2.45, 2.75) is 25.0 Å². The second kappa shape index (κ2) is 8.00. The molecule has 132 valence electrons.